The van der Waals surface area contributed by atoms with Gasteiger partial charge in [0.1, 0.15) is 32.0 Å². The van der Waals surface area contributed by atoms with Crippen molar-refractivity contribution in [1.29, 1.82) is 0 Å². The van der Waals surface area contributed by atoms with E-state index in [0.29, 0.717) is 69.2 Å². The van der Waals surface area contributed by atoms with E-state index in [1.54, 1.807) is 0 Å². The van der Waals surface area contributed by atoms with Gasteiger partial charge in [-0.1, -0.05) is 102 Å². The summed E-state index contributed by atoms with van der Waals surface area (Å²) in [6.07, 6.45) is 25.7. The zero-order valence-electron chi connectivity index (χ0n) is 43.2. The number of carbonyl (C=O) groups is 6. The highest BCUT2D eigenvalue weighted by molar-refractivity contribution is 5.77. The first-order valence-corrected chi connectivity index (χ1v) is 26.0. The molecule has 0 saturated carbocycles. The Balaban J connectivity index is 4.05. The molecule has 4 unspecified atom stereocenters. The molecule has 0 fully saturated rings. The Morgan fingerprint density at radius 3 is 1.46 bits per heavy atom. The summed E-state index contributed by atoms with van der Waals surface area (Å²) < 4.78 is 21.5. The van der Waals surface area contributed by atoms with Crippen molar-refractivity contribution in [2.24, 2.45) is 0 Å². The SMILES string of the molecule is CCCCCC(OC(=O)CNCCOC(C)=O)C(O)CC=CCCCCCCCC(=O)NCCNC(=O)CCCCCCCC=CCC(O)C(CCCCC)OC(=O)C[N+](C)(C)CCOC(C)=O. The van der Waals surface area contributed by atoms with Crippen LogP contribution in [-0.4, -0.2) is 141 Å². The summed E-state index contributed by atoms with van der Waals surface area (Å²) in [4.78, 5) is 71.5. The van der Waals surface area contributed by atoms with Crippen LogP contribution in [0.2, 0.25) is 0 Å². The summed E-state index contributed by atoms with van der Waals surface area (Å²) in [6.45, 7) is 9.05. The molecule has 4 atom stereocenters. The van der Waals surface area contributed by atoms with Gasteiger partial charge in [-0.15, -0.1) is 0 Å². The molecule has 0 heterocycles. The fraction of sp³-hybridized carbons (Fsp3) is 0.808. The second-order valence-corrected chi connectivity index (χ2v) is 18.6. The van der Waals surface area contributed by atoms with Gasteiger partial charge in [-0.3, -0.25) is 24.0 Å². The van der Waals surface area contributed by atoms with E-state index >= 15 is 0 Å². The van der Waals surface area contributed by atoms with Gasteiger partial charge in [0.05, 0.1) is 32.8 Å². The molecular formula is C52H95N4O12+. The summed E-state index contributed by atoms with van der Waals surface area (Å²) in [5.41, 5.74) is 0. The number of amides is 2. The van der Waals surface area contributed by atoms with E-state index in [0.717, 1.165) is 116 Å². The average molecular weight is 968 g/mol. The highest BCUT2D eigenvalue weighted by Crippen LogP contribution is 2.17. The Hall–Kier alpha value is -3.86. The fourth-order valence-electron chi connectivity index (χ4n) is 7.34. The van der Waals surface area contributed by atoms with Gasteiger partial charge in [0.15, 0.2) is 6.54 Å². The van der Waals surface area contributed by atoms with Crippen LogP contribution in [0.3, 0.4) is 0 Å². The van der Waals surface area contributed by atoms with Gasteiger partial charge < -0.3 is 49.6 Å². The van der Waals surface area contributed by atoms with Crippen LogP contribution in [0.1, 0.15) is 182 Å². The van der Waals surface area contributed by atoms with E-state index in [2.05, 4.69) is 41.9 Å². The van der Waals surface area contributed by atoms with Crippen LogP contribution < -0.4 is 16.0 Å². The Morgan fingerprint density at radius 2 is 0.985 bits per heavy atom. The summed E-state index contributed by atoms with van der Waals surface area (Å²) in [7, 11) is 3.76. The van der Waals surface area contributed by atoms with Crippen molar-refractivity contribution in [3.63, 3.8) is 0 Å². The lowest BCUT2D eigenvalue weighted by Gasteiger charge is -2.30. The maximum Gasteiger partial charge on any atom is 0.362 e. The number of ether oxygens (including phenoxy) is 4. The van der Waals surface area contributed by atoms with Crippen molar-refractivity contribution in [1.82, 2.24) is 16.0 Å². The highest BCUT2D eigenvalue weighted by Gasteiger charge is 2.27. The molecule has 0 aliphatic carbocycles. The van der Waals surface area contributed by atoms with Crippen LogP contribution in [0.4, 0.5) is 0 Å². The first-order chi connectivity index (χ1) is 32.6. The standard InChI is InChI=1S/C52H94N4O12/c1-7-9-23-31-47(67-51(63)41-53-37-39-65-43(3)57)45(59)29-25-19-15-11-13-17-21-27-33-49(61)54-35-36-55-50(62)34-28-22-18-14-12-16-20-26-30-46(60)48(32-24-10-8-2)68-52(64)42-56(5,6)38-40-66-44(4)58/h19-20,25-26,45-48,53,59-60H,7-18,21-24,27-42H2,1-6H3,(H-,54,55,61,62)/p+1. The van der Waals surface area contributed by atoms with Crippen molar-refractivity contribution in [2.45, 2.75) is 206 Å². The van der Waals surface area contributed by atoms with Crippen molar-refractivity contribution >= 4 is 35.7 Å². The molecule has 0 rings (SSSR count). The molecule has 0 bridgehead atoms. The molecule has 2 amide bonds. The van der Waals surface area contributed by atoms with Crippen LogP contribution in [0.25, 0.3) is 0 Å². The molecule has 0 aromatic rings. The van der Waals surface area contributed by atoms with E-state index in [4.69, 9.17) is 18.9 Å². The number of rotatable bonds is 45. The van der Waals surface area contributed by atoms with Crippen molar-refractivity contribution in [3.05, 3.63) is 24.3 Å². The number of hydrogen-bond acceptors (Lipinski definition) is 13. The van der Waals surface area contributed by atoms with Gasteiger partial charge >= 0.3 is 23.9 Å². The van der Waals surface area contributed by atoms with Crippen molar-refractivity contribution in [3.8, 4) is 0 Å². The first kappa shape index (κ1) is 64.1. The van der Waals surface area contributed by atoms with E-state index in [1.807, 2.05) is 26.2 Å². The lowest BCUT2D eigenvalue weighted by atomic mass is 10.0. The number of carbonyl (C=O) groups excluding carboxylic acids is 6. The molecular weight excluding hydrogens is 873 g/mol. The number of aliphatic hydroxyl groups is 2. The number of quaternary nitrogens is 1. The molecule has 0 aromatic carbocycles. The minimum Gasteiger partial charge on any atom is -0.465 e. The molecule has 0 saturated heterocycles. The maximum atomic E-state index is 12.8. The number of esters is 4. The van der Waals surface area contributed by atoms with E-state index < -0.39 is 30.4 Å². The number of hydrogen-bond donors (Lipinski definition) is 5. The van der Waals surface area contributed by atoms with Gasteiger partial charge in [-0.05, 0) is 77.0 Å². The summed E-state index contributed by atoms with van der Waals surface area (Å²) in [5.74, 6) is -1.54. The molecule has 0 aliphatic heterocycles. The van der Waals surface area contributed by atoms with Crippen LogP contribution in [0.5, 0.6) is 0 Å². The third kappa shape index (κ3) is 41.1. The van der Waals surface area contributed by atoms with Gasteiger partial charge in [-0.2, -0.15) is 0 Å². The normalized spacial score (nSPS) is 13.5. The third-order valence-electron chi connectivity index (χ3n) is 11.4. The lowest BCUT2D eigenvalue weighted by Crippen LogP contribution is -2.47. The minimum absolute atomic E-state index is 0.000425. The van der Waals surface area contributed by atoms with E-state index in [9.17, 15) is 39.0 Å². The summed E-state index contributed by atoms with van der Waals surface area (Å²) in [6, 6.07) is 0. The number of aliphatic hydroxyl groups excluding tert-OH is 2. The summed E-state index contributed by atoms with van der Waals surface area (Å²) in [5, 5.41) is 30.3. The predicted molar refractivity (Wildman–Crippen MR) is 266 cm³/mol. The van der Waals surface area contributed by atoms with Gasteiger partial charge in [-0.25, -0.2) is 4.79 Å². The monoisotopic (exact) mass is 968 g/mol. The van der Waals surface area contributed by atoms with Gasteiger partial charge in [0.2, 0.25) is 11.8 Å². The second-order valence-electron chi connectivity index (χ2n) is 18.6. The van der Waals surface area contributed by atoms with Crippen LogP contribution in [-0.2, 0) is 47.7 Å². The van der Waals surface area contributed by atoms with Gasteiger partial charge in [0.25, 0.3) is 0 Å². The zero-order chi connectivity index (χ0) is 50.7. The number of nitrogens with one attached hydrogen (secondary N) is 3. The zero-order valence-corrected chi connectivity index (χ0v) is 43.2. The molecule has 0 spiro atoms. The molecule has 0 aliphatic rings. The van der Waals surface area contributed by atoms with Crippen LogP contribution in [0, 0.1) is 0 Å². The van der Waals surface area contributed by atoms with E-state index in [-0.39, 0.29) is 56.0 Å². The molecule has 394 valence electrons. The largest absolute Gasteiger partial charge is 0.465 e. The predicted octanol–water partition coefficient (Wildman–Crippen LogP) is 7.07. The Kier molecular flexibility index (Phi) is 40.7. The van der Waals surface area contributed by atoms with Crippen molar-refractivity contribution in [2.75, 3.05) is 66.6 Å². The first-order valence-electron chi connectivity index (χ1n) is 26.0. The van der Waals surface area contributed by atoms with Crippen LogP contribution >= 0.6 is 0 Å². The van der Waals surface area contributed by atoms with E-state index in [1.165, 1.54) is 13.8 Å². The maximum absolute atomic E-state index is 12.8. The number of unbranched alkanes of at least 4 members (excludes halogenated alkanes) is 14. The third-order valence-corrected chi connectivity index (χ3v) is 11.4. The average Bonchev–Trinajstić information content (AvgIpc) is 3.27. The van der Waals surface area contributed by atoms with Crippen LogP contribution in [0.15, 0.2) is 24.3 Å². The Morgan fingerprint density at radius 1 is 0.544 bits per heavy atom. The smallest absolute Gasteiger partial charge is 0.362 e. The molecule has 16 heteroatoms. The van der Waals surface area contributed by atoms with Crippen molar-refractivity contribution < 1.29 is 62.4 Å². The number of allylic oxidation sites excluding steroid dienone is 2. The summed E-state index contributed by atoms with van der Waals surface area (Å²) >= 11 is 0. The lowest BCUT2D eigenvalue weighted by molar-refractivity contribution is -0.883. The molecule has 0 radical (unpaired) electrons. The molecule has 0 aromatic heterocycles. The molecule has 68 heavy (non-hydrogen) atoms. The fourth-order valence-corrected chi connectivity index (χ4v) is 7.34. The highest BCUT2D eigenvalue weighted by atomic mass is 16.6. The second kappa shape index (κ2) is 43.2. The molecule has 16 nitrogen and oxygen atoms in total. The molecule has 5 N–H and O–H groups in total. The topological polar surface area (TPSA) is 216 Å². The van der Waals surface area contributed by atoms with Gasteiger partial charge in [0, 0.05) is 46.3 Å². The Bertz CT molecular complexity index is 1410. The number of likely N-dealkylation sites (N-methyl/N-ethyl adjacent to an activating group) is 1. The quantitative estimate of drug-likeness (QED) is 0.0136. The Labute approximate surface area is 410 Å². The minimum atomic E-state index is -0.778. The number of nitrogens with zero attached hydrogens (tertiary/aromatic N) is 1.